The Labute approximate surface area is 224 Å². The van der Waals surface area contributed by atoms with Crippen LogP contribution in [0.2, 0.25) is 0 Å². The lowest BCUT2D eigenvalue weighted by Gasteiger charge is -2.10. The summed E-state index contributed by atoms with van der Waals surface area (Å²) in [7, 11) is 0. The molecule has 38 heavy (non-hydrogen) atoms. The zero-order valence-electron chi connectivity index (χ0n) is 22.5. The largest absolute Gasteiger partial charge is 0.487 e. The number of nitro groups is 2. The van der Waals surface area contributed by atoms with Crippen molar-refractivity contribution in [3.63, 3.8) is 0 Å². The molecule has 10 heteroatoms. The van der Waals surface area contributed by atoms with E-state index in [1.54, 1.807) is 50.2 Å². The fourth-order valence-electron chi connectivity index (χ4n) is 4.12. The molecule has 0 saturated heterocycles. The SMILES string of the molecule is CCOc1cccc(OCCCCCCCCCCCCOc2cccc(OCC)c2[N+](=O)[O-])c1[N+](=O)[O-]. The normalized spacial score (nSPS) is 10.7. The maximum atomic E-state index is 11.4. The van der Waals surface area contributed by atoms with Crippen LogP contribution in [0.1, 0.15) is 78.1 Å². The minimum atomic E-state index is -0.457. The monoisotopic (exact) mass is 532 g/mol. The molecular weight excluding hydrogens is 492 g/mol. The van der Waals surface area contributed by atoms with Crippen LogP contribution in [0.5, 0.6) is 23.0 Å². The maximum absolute atomic E-state index is 11.4. The van der Waals surface area contributed by atoms with E-state index in [1.807, 2.05) is 0 Å². The summed E-state index contributed by atoms with van der Waals surface area (Å²) in [5, 5.41) is 22.8. The fraction of sp³-hybridized carbons (Fsp3) is 0.571. The summed E-state index contributed by atoms with van der Waals surface area (Å²) >= 11 is 0. The van der Waals surface area contributed by atoms with Gasteiger partial charge in [-0.2, -0.15) is 0 Å². The third-order valence-corrected chi connectivity index (χ3v) is 5.94. The number of hydrogen-bond donors (Lipinski definition) is 0. The summed E-state index contributed by atoms with van der Waals surface area (Å²) in [6.07, 6.45) is 10.6. The van der Waals surface area contributed by atoms with Gasteiger partial charge in [-0.05, 0) is 51.0 Å². The Morgan fingerprint density at radius 3 is 1.11 bits per heavy atom. The van der Waals surface area contributed by atoms with Crippen LogP contribution in [0.4, 0.5) is 11.4 Å². The van der Waals surface area contributed by atoms with Crippen molar-refractivity contribution in [2.45, 2.75) is 78.1 Å². The van der Waals surface area contributed by atoms with E-state index in [0.717, 1.165) is 51.4 Å². The smallest absolute Gasteiger partial charge is 0.352 e. The molecule has 0 aliphatic heterocycles. The number of hydrogen-bond acceptors (Lipinski definition) is 8. The van der Waals surface area contributed by atoms with Gasteiger partial charge in [0.05, 0.1) is 36.3 Å². The molecular formula is C28H40N2O8. The highest BCUT2D eigenvalue weighted by Crippen LogP contribution is 2.37. The first-order valence-corrected chi connectivity index (χ1v) is 13.6. The quantitative estimate of drug-likeness (QED) is 0.0912. The lowest BCUT2D eigenvalue weighted by molar-refractivity contribution is -0.387. The van der Waals surface area contributed by atoms with E-state index in [1.165, 1.54) is 12.8 Å². The molecule has 0 aliphatic rings. The first-order valence-electron chi connectivity index (χ1n) is 13.6. The highest BCUT2D eigenvalue weighted by Gasteiger charge is 2.23. The number of benzene rings is 2. The van der Waals surface area contributed by atoms with Gasteiger partial charge < -0.3 is 18.9 Å². The fourth-order valence-corrected chi connectivity index (χ4v) is 4.12. The molecule has 0 bridgehead atoms. The van der Waals surface area contributed by atoms with Crippen LogP contribution in [0.25, 0.3) is 0 Å². The first kappa shape index (κ1) is 30.7. The highest BCUT2D eigenvalue weighted by molar-refractivity contribution is 5.57. The van der Waals surface area contributed by atoms with E-state index in [-0.39, 0.29) is 34.4 Å². The van der Waals surface area contributed by atoms with Crippen LogP contribution in [-0.2, 0) is 0 Å². The molecule has 0 amide bonds. The topological polar surface area (TPSA) is 123 Å². The Morgan fingerprint density at radius 1 is 0.526 bits per heavy atom. The van der Waals surface area contributed by atoms with Crippen molar-refractivity contribution in [2.24, 2.45) is 0 Å². The zero-order chi connectivity index (χ0) is 27.6. The molecule has 2 aromatic rings. The predicted octanol–water partition coefficient (Wildman–Crippen LogP) is 7.66. The van der Waals surface area contributed by atoms with Crippen molar-refractivity contribution >= 4 is 11.4 Å². The van der Waals surface area contributed by atoms with Crippen LogP contribution in [0.15, 0.2) is 36.4 Å². The predicted molar refractivity (Wildman–Crippen MR) is 146 cm³/mol. The number of para-hydroxylation sites is 2. The number of ether oxygens (including phenoxy) is 4. The van der Waals surface area contributed by atoms with Crippen molar-refractivity contribution in [1.82, 2.24) is 0 Å². The van der Waals surface area contributed by atoms with E-state index in [2.05, 4.69) is 0 Å². The minimum Gasteiger partial charge on any atom is -0.487 e. The second-order valence-electron chi connectivity index (χ2n) is 8.82. The van der Waals surface area contributed by atoms with Crippen LogP contribution < -0.4 is 18.9 Å². The van der Waals surface area contributed by atoms with Crippen molar-refractivity contribution in [2.75, 3.05) is 26.4 Å². The Balaban J connectivity index is 1.50. The molecule has 10 nitrogen and oxygen atoms in total. The van der Waals surface area contributed by atoms with Gasteiger partial charge in [0.25, 0.3) is 0 Å². The zero-order valence-corrected chi connectivity index (χ0v) is 22.5. The molecule has 0 aliphatic carbocycles. The Bertz CT molecular complexity index is 919. The van der Waals surface area contributed by atoms with Gasteiger partial charge in [0, 0.05) is 0 Å². The van der Waals surface area contributed by atoms with Crippen LogP contribution in [0.3, 0.4) is 0 Å². The van der Waals surface area contributed by atoms with Crippen LogP contribution in [0, 0.1) is 20.2 Å². The molecule has 0 fully saturated rings. The van der Waals surface area contributed by atoms with Gasteiger partial charge in [-0.15, -0.1) is 0 Å². The lowest BCUT2D eigenvalue weighted by atomic mass is 10.1. The van der Waals surface area contributed by atoms with Gasteiger partial charge in [0.15, 0.2) is 0 Å². The number of nitrogens with zero attached hydrogens (tertiary/aromatic N) is 2. The molecule has 0 unspecified atom stereocenters. The van der Waals surface area contributed by atoms with Gasteiger partial charge in [-0.3, -0.25) is 20.2 Å². The summed E-state index contributed by atoms with van der Waals surface area (Å²) in [5.74, 6) is 0.977. The summed E-state index contributed by atoms with van der Waals surface area (Å²) in [4.78, 5) is 21.9. The number of nitro benzene ring substituents is 2. The summed E-state index contributed by atoms with van der Waals surface area (Å²) in [6, 6.07) is 9.79. The van der Waals surface area contributed by atoms with E-state index >= 15 is 0 Å². The second-order valence-corrected chi connectivity index (χ2v) is 8.82. The molecule has 0 N–H and O–H groups in total. The Hall–Kier alpha value is -3.56. The molecule has 0 spiro atoms. The van der Waals surface area contributed by atoms with Gasteiger partial charge >= 0.3 is 11.4 Å². The van der Waals surface area contributed by atoms with E-state index in [0.29, 0.717) is 26.4 Å². The van der Waals surface area contributed by atoms with Crippen LogP contribution in [-0.4, -0.2) is 36.3 Å². The number of unbranched alkanes of at least 4 members (excludes halogenated alkanes) is 9. The van der Waals surface area contributed by atoms with E-state index in [9.17, 15) is 20.2 Å². The van der Waals surface area contributed by atoms with Crippen molar-refractivity contribution in [3.05, 3.63) is 56.6 Å². The van der Waals surface area contributed by atoms with Crippen LogP contribution >= 0.6 is 0 Å². The molecule has 0 atom stereocenters. The molecule has 2 aromatic carbocycles. The average molecular weight is 533 g/mol. The lowest BCUT2D eigenvalue weighted by Crippen LogP contribution is -2.03. The van der Waals surface area contributed by atoms with E-state index in [4.69, 9.17) is 18.9 Å². The van der Waals surface area contributed by atoms with Crippen molar-refractivity contribution in [3.8, 4) is 23.0 Å². The second kappa shape index (κ2) is 17.8. The molecule has 0 radical (unpaired) electrons. The Kier molecular flexibility index (Phi) is 14.4. The summed E-state index contributed by atoms with van der Waals surface area (Å²) < 4.78 is 22.0. The third-order valence-electron chi connectivity index (χ3n) is 5.94. The summed E-state index contributed by atoms with van der Waals surface area (Å²) in [5.41, 5.74) is -0.226. The van der Waals surface area contributed by atoms with Gasteiger partial charge in [-0.1, -0.05) is 63.5 Å². The number of rotatable bonds is 21. The third kappa shape index (κ3) is 10.4. The molecule has 2 rings (SSSR count). The van der Waals surface area contributed by atoms with Crippen molar-refractivity contribution in [1.29, 1.82) is 0 Å². The minimum absolute atomic E-state index is 0.113. The molecule has 0 heterocycles. The highest BCUT2D eigenvalue weighted by atomic mass is 16.6. The van der Waals surface area contributed by atoms with E-state index < -0.39 is 9.85 Å². The molecule has 0 saturated carbocycles. The average Bonchev–Trinajstić information content (AvgIpc) is 2.89. The van der Waals surface area contributed by atoms with Gasteiger partial charge in [0.2, 0.25) is 23.0 Å². The van der Waals surface area contributed by atoms with Gasteiger partial charge in [-0.25, -0.2) is 0 Å². The van der Waals surface area contributed by atoms with Gasteiger partial charge in [0.1, 0.15) is 0 Å². The molecule has 210 valence electrons. The Morgan fingerprint density at radius 2 is 0.816 bits per heavy atom. The van der Waals surface area contributed by atoms with Crippen molar-refractivity contribution < 1.29 is 28.8 Å². The standard InChI is InChI=1S/C28H40N2O8/c1-3-35-23-17-15-19-25(27(23)29(31)32)37-21-13-11-9-7-5-6-8-10-12-14-22-38-26-20-16-18-24(36-4-2)28(26)30(33)34/h15-20H,3-14,21-22H2,1-2H3. The maximum Gasteiger partial charge on any atom is 0.352 e. The molecule has 0 aromatic heterocycles. The summed E-state index contributed by atoms with van der Waals surface area (Å²) in [6.45, 7) is 5.17. The first-order chi connectivity index (χ1) is 18.5.